The summed E-state index contributed by atoms with van der Waals surface area (Å²) in [6.07, 6.45) is 0.359. The Bertz CT molecular complexity index is 645. The molecule has 0 aliphatic heterocycles. The lowest BCUT2D eigenvalue weighted by Crippen LogP contribution is -2.35. The Hall–Kier alpha value is -0.830. The number of hydrogen-bond donors (Lipinski definition) is 2. The fourth-order valence-corrected chi connectivity index (χ4v) is 2.94. The average Bonchev–Trinajstić information content (AvgIpc) is 2.43. The Balaban J connectivity index is 2.82. The summed E-state index contributed by atoms with van der Waals surface area (Å²) in [5, 5.41) is 0. The fraction of sp³-hybridized carbons (Fsp3) is 0.667. The number of ether oxygens (including phenoxy) is 1. The van der Waals surface area contributed by atoms with Gasteiger partial charge in [-0.2, -0.15) is 0 Å². The topological polar surface area (TPSA) is 103 Å². The molecular weight excluding hydrogens is 331 g/mol. The summed E-state index contributed by atoms with van der Waals surface area (Å²) in [6.45, 7) is 1.95. The number of rotatable bonds is 8. The largest absolute Gasteiger partial charge is 0.352 e. The molecule has 0 radical (unpaired) electrons. The first-order chi connectivity index (χ1) is 10.2. The molecule has 0 aliphatic carbocycles. The van der Waals surface area contributed by atoms with Crippen LogP contribution in [-0.4, -0.2) is 33.8 Å². The molecule has 0 spiro atoms. The monoisotopic (exact) mass is 352 g/mol. The molecule has 3 unspecified atom stereocenters. The zero-order valence-electron chi connectivity index (χ0n) is 12.9. The fourth-order valence-electron chi connectivity index (χ4n) is 1.89. The predicted octanol–water partition coefficient (Wildman–Crippen LogP) is 1.12. The normalized spacial score (nSPS) is 18.4. The highest BCUT2D eigenvalue weighted by Gasteiger charge is 2.26. The molecule has 0 fully saturated rings. The molecule has 8 nitrogen and oxygen atoms in total. The summed E-state index contributed by atoms with van der Waals surface area (Å²) in [6, 6.07) is 1.24. The predicted molar refractivity (Wildman–Crippen MR) is 85.3 cm³/mol. The van der Waals surface area contributed by atoms with E-state index in [0.717, 1.165) is 0 Å². The van der Waals surface area contributed by atoms with Crippen molar-refractivity contribution >= 4 is 18.5 Å². The molecule has 0 amide bonds. The Morgan fingerprint density at radius 2 is 2.09 bits per heavy atom. The summed E-state index contributed by atoms with van der Waals surface area (Å²) < 4.78 is 17.1. The third-order valence-corrected chi connectivity index (χ3v) is 4.84. The van der Waals surface area contributed by atoms with Crippen molar-refractivity contribution in [2.75, 3.05) is 7.11 Å². The quantitative estimate of drug-likeness (QED) is 0.676. The van der Waals surface area contributed by atoms with Crippen LogP contribution in [-0.2, 0) is 25.6 Å². The number of H-pyrrole nitrogens is 1. The van der Waals surface area contributed by atoms with Crippen LogP contribution in [0, 0.1) is 0 Å². The van der Waals surface area contributed by atoms with Crippen molar-refractivity contribution in [3.63, 3.8) is 0 Å². The van der Waals surface area contributed by atoms with Crippen molar-refractivity contribution in [1.29, 1.82) is 0 Å². The summed E-state index contributed by atoms with van der Waals surface area (Å²) in [5.41, 5.74) is -1.04. The molecule has 1 heterocycles. The SMILES string of the molecule is CC[C@H](OC(C)n1ccc(=O)[nH]c1=O)C(C)OP(O)(=S)OC. The molecule has 0 aromatic carbocycles. The Labute approximate surface area is 133 Å². The van der Waals surface area contributed by atoms with Crippen molar-refractivity contribution in [2.45, 2.75) is 45.6 Å². The minimum Gasteiger partial charge on any atom is -0.352 e. The third kappa shape index (κ3) is 5.42. The molecule has 1 aromatic rings. The van der Waals surface area contributed by atoms with Crippen LogP contribution < -0.4 is 11.2 Å². The van der Waals surface area contributed by atoms with E-state index in [4.69, 9.17) is 25.6 Å². The van der Waals surface area contributed by atoms with Gasteiger partial charge in [-0.05, 0) is 32.1 Å². The van der Waals surface area contributed by atoms with E-state index in [1.54, 1.807) is 13.8 Å². The molecule has 10 heteroatoms. The first-order valence-corrected chi connectivity index (χ1v) is 9.33. The first-order valence-electron chi connectivity index (χ1n) is 6.74. The lowest BCUT2D eigenvalue weighted by molar-refractivity contribution is -0.0911. The van der Waals surface area contributed by atoms with Crippen LogP contribution in [0.4, 0.5) is 0 Å². The van der Waals surface area contributed by atoms with Gasteiger partial charge in [-0.25, -0.2) is 4.79 Å². The van der Waals surface area contributed by atoms with Gasteiger partial charge < -0.3 is 18.7 Å². The van der Waals surface area contributed by atoms with Gasteiger partial charge in [0, 0.05) is 19.4 Å². The first kappa shape index (κ1) is 19.2. The lowest BCUT2D eigenvalue weighted by atomic mass is 10.2. The molecule has 2 N–H and O–H groups in total. The summed E-state index contributed by atoms with van der Waals surface area (Å²) in [4.78, 5) is 34.6. The van der Waals surface area contributed by atoms with Gasteiger partial charge in [-0.3, -0.25) is 14.3 Å². The van der Waals surface area contributed by atoms with Gasteiger partial charge in [-0.15, -0.1) is 0 Å². The molecule has 0 saturated carbocycles. The number of aromatic amines is 1. The van der Waals surface area contributed by atoms with E-state index in [1.807, 2.05) is 6.92 Å². The Kier molecular flexibility index (Phi) is 7.11. The van der Waals surface area contributed by atoms with E-state index >= 15 is 0 Å². The molecule has 1 rings (SSSR count). The van der Waals surface area contributed by atoms with E-state index in [0.29, 0.717) is 6.42 Å². The van der Waals surface area contributed by atoms with Crippen LogP contribution in [0.25, 0.3) is 0 Å². The minimum atomic E-state index is -3.29. The van der Waals surface area contributed by atoms with Crippen molar-refractivity contribution in [2.24, 2.45) is 0 Å². The highest BCUT2D eigenvalue weighted by atomic mass is 32.5. The van der Waals surface area contributed by atoms with Gasteiger partial charge in [0.1, 0.15) is 6.23 Å². The molecule has 126 valence electrons. The minimum absolute atomic E-state index is 0.418. The molecule has 1 aromatic heterocycles. The highest BCUT2D eigenvalue weighted by molar-refractivity contribution is 8.07. The second-order valence-corrected chi connectivity index (χ2v) is 7.56. The summed E-state index contributed by atoms with van der Waals surface area (Å²) in [5.74, 6) is 0. The van der Waals surface area contributed by atoms with Crippen molar-refractivity contribution in [3.05, 3.63) is 33.1 Å². The molecule has 22 heavy (non-hydrogen) atoms. The smallest absolute Gasteiger partial charge is 0.330 e. The maximum Gasteiger partial charge on any atom is 0.330 e. The molecule has 4 atom stereocenters. The van der Waals surface area contributed by atoms with Gasteiger partial charge >= 0.3 is 12.4 Å². The van der Waals surface area contributed by atoms with E-state index in [-0.39, 0.29) is 0 Å². The van der Waals surface area contributed by atoms with Crippen molar-refractivity contribution < 1.29 is 18.7 Å². The standard InChI is InChI=1S/C12H21N2O6PS/c1-5-10(8(2)20-21(17,22)18-4)19-9(3)14-7-6-11(15)13-12(14)16/h6-10H,5H2,1-4H3,(H,17,22)(H,13,15,16)/t8?,9?,10-,21?/m0/s1. The van der Waals surface area contributed by atoms with Crippen LogP contribution in [0.2, 0.25) is 0 Å². The summed E-state index contributed by atoms with van der Waals surface area (Å²) in [7, 11) is 1.28. The highest BCUT2D eigenvalue weighted by Crippen LogP contribution is 2.44. The van der Waals surface area contributed by atoms with Crippen LogP contribution >= 0.6 is 6.72 Å². The second kappa shape index (κ2) is 8.14. The van der Waals surface area contributed by atoms with Crippen molar-refractivity contribution in [1.82, 2.24) is 9.55 Å². The van der Waals surface area contributed by atoms with Crippen LogP contribution in [0.5, 0.6) is 0 Å². The van der Waals surface area contributed by atoms with E-state index in [9.17, 15) is 14.5 Å². The van der Waals surface area contributed by atoms with E-state index < -0.39 is 36.4 Å². The molecule has 0 bridgehead atoms. The maximum absolute atomic E-state index is 11.7. The third-order valence-electron chi connectivity index (χ3n) is 3.07. The van der Waals surface area contributed by atoms with E-state index in [2.05, 4.69) is 4.98 Å². The number of hydrogen-bond acceptors (Lipinski definition) is 6. The molecule has 0 aliphatic rings. The maximum atomic E-state index is 11.7. The van der Waals surface area contributed by atoms with E-state index in [1.165, 1.54) is 23.9 Å². The number of nitrogens with zero attached hydrogens (tertiary/aromatic N) is 1. The van der Waals surface area contributed by atoms with Crippen LogP contribution in [0.1, 0.15) is 33.4 Å². The number of aromatic nitrogens is 2. The van der Waals surface area contributed by atoms with Gasteiger partial charge in [0.05, 0.1) is 12.2 Å². The zero-order chi connectivity index (χ0) is 16.9. The Morgan fingerprint density at radius 3 is 2.59 bits per heavy atom. The lowest BCUT2D eigenvalue weighted by Gasteiger charge is -2.29. The second-order valence-electron chi connectivity index (χ2n) is 4.66. The number of nitrogens with one attached hydrogen (secondary N) is 1. The van der Waals surface area contributed by atoms with Gasteiger partial charge in [0.15, 0.2) is 0 Å². The van der Waals surface area contributed by atoms with Crippen LogP contribution in [0.3, 0.4) is 0 Å². The molecule has 0 saturated heterocycles. The summed E-state index contributed by atoms with van der Waals surface area (Å²) >= 11 is 4.80. The van der Waals surface area contributed by atoms with Crippen LogP contribution in [0.15, 0.2) is 21.9 Å². The zero-order valence-corrected chi connectivity index (χ0v) is 14.6. The van der Waals surface area contributed by atoms with Gasteiger partial charge in [-0.1, -0.05) is 6.92 Å². The van der Waals surface area contributed by atoms with Gasteiger partial charge in [0.2, 0.25) is 0 Å². The Morgan fingerprint density at radius 1 is 1.45 bits per heavy atom. The van der Waals surface area contributed by atoms with Gasteiger partial charge in [0.25, 0.3) is 5.56 Å². The van der Waals surface area contributed by atoms with Crippen molar-refractivity contribution in [3.8, 4) is 0 Å². The average molecular weight is 352 g/mol. The molecular formula is C12H21N2O6PS.